The largest absolute Gasteiger partial charge is 0.463 e. The first-order chi connectivity index (χ1) is 14.7. The fourth-order valence-corrected chi connectivity index (χ4v) is 4.17. The summed E-state index contributed by atoms with van der Waals surface area (Å²) in [5.41, 5.74) is 9.50. The second-order valence-corrected chi connectivity index (χ2v) is 8.17. The molecule has 30 heavy (non-hydrogen) atoms. The van der Waals surface area contributed by atoms with Crippen LogP contribution in [0, 0.1) is 11.3 Å². The molecule has 2 aliphatic heterocycles. The third kappa shape index (κ3) is 4.49. The summed E-state index contributed by atoms with van der Waals surface area (Å²) < 4.78 is 5.68. The molecule has 3 heterocycles. The van der Waals surface area contributed by atoms with E-state index in [0.29, 0.717) is 31.4 Å². The maximum Gasteiger partial charge on any atom is 0.320 e. The van der Waals surface area contributed by atoms with Gasteiger partial charge in [0.1, 0.15) is 17.7 Å². The Morgan fingerprint density at radius 1 is 1.13 bits per heavy atom. The summed E-state index contributed by atoms with van der Waals surface area (Å²) in [5.74, 6) is 1.14. The molecular formula is C23H30N6O. The SMILES string of the molecule is CCCCOc1nc(N)c2c(n1)N(Cc1ccc(CN3CCCC3)cc1)C(C#N)C2. The summed E-state index contributed by atoms with van der Waals surface area (Å²) in [7, 11) is 0. The standard InChI is InChI=1S/C23H30N6O/c1-2-3-12-30-23-26-21(25)20-13-19(14-24)29(22(20)27-23)16-18-8-6-17(7-9-18)15-28-10-4-5-11-28/h6-9,19H,2-5,10-13,15-16H2,1H3,(H2,25,26,27). The Morgan fingerprint density at radius 3 is 2.50 bits per heavy atom. The number of hydrogen-bond donors (Lipinski definition) is 1. The molecule has 1 unspecified atom stereocenters. The third-order valence-corrected chi connectivity index (χ3v) is 5.90. The molecule has 0 amide bonds. The Balaban J connectivity index is 1.50. The Morgan fingerprint density at radius 2 is 1.83 bits per heavy atom. The lowest BCUT2D eigenvalue weighted by Gasteiger charge is -2.22. The average Bonchev–Trinajstić information content (AvgIpc) is 3.38. The van der Waals surface area contributed by atoms with Crippen LogP contribution in [0.1, 0.15) is 49.3 Å². The van der Waals surface area contributed by atoms with Crippen molar-refractivity contribution >= 4 is 11.6 Å². The summed E-state index contributed by atoms with van der Waals surface area (Å²) in [6.45, 7) is 6.68. The summed E-state index contributed by atoms with van der Waals surface area (Å²) in [6.07, 6.45) is 5.12. The van der Waals surface area contributed by atoms with E-state index in [0.717, 1.165) is 36.3 Å². The lowest BCUT2D eigenvalue weighted by atomic mass is 10.1. The highest BCUT2D eigenvalue weighted by atomic mass is 16.5. The van der Waals surface area contributed by atoms with E-state index in [4.69, 9.17) is 10.5 Å². The topological polar surface area (TPSA) is 91.3 Å². The van der Waals surface area contributed by atoms with Gasteiger partial charge in [-0.3, -0.25) is 4.90 Å². The highest BCUT2D eigenvalue weighted by Gasteiger charge is 2.33. The van der Waals surface area contributed by atoms with Crippen molar-refractivity contribution in [3.8, 4) is 12.1 Å². The number of nitrogen functional groups attached to an aromatic ring is 1. The molecule has 7 heteroatoms. The predicted octanol–water partition coefficient (Wildman–Crippen LogP) is 3.29. The van der Waals surface area contributed by atoms with Crippen LogP contribution in [0.2, 0.25) is 0 Å². The number of nitrogens with zero attached hydrogens (tertiary/aromatic N) is 5. The molecule has 0 bridgehead atoms. The first-order valence-corrected chi connectivity index (χ1v) is 10.9. The summed E-state index contributed by atoms with van der Waals surface area (Å²) in [4.78, 5) is 13.4. The van der Waals surface area contributed by atoms with Crippen molar-refractivity contribution in [1.82, 2.24) is 14.9 Å². The molecule has 0 spiro atoms. The molecule has 1 atom stereocenters. The van der Waals surface area contributed by atoms with E-state index >= 15 is 0 Å². The number of anilines is 2. The number of aromatic nitrogens is 2. The lowest BCUT2D eigenvalue weighted by Crippen LogP contribution is -2.30. The molecule has 2 N–H and O–H groups in total. The van der Waals surface area contributed by atoms with Crippen LogP contribution in [0.5, 0.6) is 6.01 Å². The van der Waals surface area contributed by atoms with E-state index in [1.807, 2.05) is 4.90 Å². The van der Waals surface area contributed by atoms with Crippen molar-refractivity contribution in [2.45, 2.75) is 58.2 Å². The number of nitrogens with two attached hydrogens (primary N) is 1. The highest BCUT2D eigenvalue weighted by molar-refractivity contribution is 5.64. The fraction of sp³-hybridized carbons (Fsp3) is 0.522. The van der Waals surface area contributed by atoms with Gasteiger partial charge in [-0.05, 0) is 43.5 Å². The van der Waals surface area contributed by atoms with Crippen molar-refractivity contribution in [2.24, 2.45) is 0 Å². The minimum Gasteiger partial charge on any atom is -0.463 e. The maximum absolute atomic E-state index is 9.71. The molecule has 2 aromatic rings. The van der Waals surface area contributed by atoms with Crippen molar-refractivity contribution < 1.29 is 4.74 Å². The van der Waals surface area contributed by atoms with Gasteiger partial charge in [-0.1, -0.05) is 37.6 Å². The zero-order chi connectivity index (χ0) is 20.9. The van der Waals surface area contributed by atoms with E-state index in [1.54, 1.807) is 0 Å². The van der Waals surface area contributed by atoms with Gasteiger partial charge < -0.3 is 15.4 Å². The second-order valence-electron chi connectivity index (χ2n) is 8.17. The van der Waals surface area contributed by atoms with Crippen LogP contribution in [0.25, 0.3) is 0 Å². The van der Waals surface area contributed by atoms with Crippen LogP contribution in [0.4, 0.5) is 11.6 Å². The molecule has 4 rings (SSSR count). The molecular weight excluding hydrogens is 376 g/mol. The monoisotopic (exact) mass is 406 g/mol. The minimum atomic E-state index is -0.299. The summed E-state index contributed by atoms with van der Waals surface area (Å²) in [5, 5.41) is 9.71. The maximum atomic E-state index is 9.71. The molecule has 0 saturated carbocycles. The van der Waals surface area contributed by atoms with Crippen LogP contribution in [0.3, 0.4) is 0 Å². The van der Waals surface area contributed by atoms with Gasteiger partial charge in [-0.15, -0.1) is 0 Å². The van der Waals surface area contributed by atoms with Gasteiger partial charge in [0.2, 0.25) is 0 Å². The molecule has 1 aromatic heterocycles. The zero-order valence-corrected chi connectivity index (χ0v) is 17.7. The van der Waals surface area contributed by atoms with Crippen LogP contribution < -0.4 is 15.4 Å². The van der Waals surface area contributed by atoms with Crippen LogP contribution >= 0.6 is 0 Å². The second kappa shape index (κ2) is 9.31. The third-order valence-electron chi connectivity index (χ3n) is 5.90. The molecule has 1 fully saturated rings. The van der Waals surface area contributed by atoms with Crippen molar-refractivity contribution in [3.63, 3.8) is 0 Å². The van der Waals surface area contributed by atoms with Gasteiger partial charge in [-0.25, -0.2) is 0 Å². The Bertz CT molecular complexity index is 901. The van der Waals surface area contributed by atoms with E-state index in [2.05, 4.69) is 52.1 Å². The number of fused-ring (bicyclic) bond motifs is 1. The van der Waals surface area contributed by atoms with Crippen LogP contribution in [0.15, 0.2) is 24.3 Å². The van der Waals surface area contributed by atoms with Gasteiger partial charge in [0.25, 0.3) is 0 Å². The minimum absolute atomic E-state index is 0.296. The van der Waals surface area contributed by atoms with Crippen LogP contribution in [-0.2, 0) is 19.5 Å². The van der Waals surface area contributed by atoms with E-state index in [-0.39, 0.29) is 6.04 Å². The zero-order valence-electron chi connectivity index (χ0n) is 17.7. The predicted molar refractivity (Wildman–Crippen MR) is 117 cm³/mol. The van der Waals surface area contributed by atoms with E-state index in [1.165, 1.54) is 31.5 Å². The first-order valence-electron chi connectivity index (χ1n) is 10.9. The molecule has 158 valence electrons. The number of ether oxygens (including phenoxy) is 1. The molecule has 7 nitrogen and oxygen atoms in total. The summed E-state index contributed by atoms with van der Waals surface area (Å²) in [6, 6.07) is 11.1. The van der Waals surface area contributed by atoms with Crippen molar-refractivity contribution in [2.75, 3.05) is 30.3 Å². The van der Waals surface area contributed by atoms with E-state index < -0.39 is 0 Å². The molecule has 2 aliphatic rings. The van der Waals surface area contributed by atoms with Gasteiger partial charge in [0.15, 0.2) is 0 Å². The molecule has 1 saturated heterocycles. The lowest BCUT2D eigenvalue weighted by molar-refractivity contribution is 0.286. The number of nitriles is 1. The quantitative estimate of drug-likeness (QED) is 0.673. The van der Waals surface area contributed by atoms with Crippen molar-refractivity contribution in [1.29, 1.82) is 5.26 Å². The Kier molecular flexibility index (Phi) is 6.34. The van der Waals surface area contributed by atoms with Gasteiger partial charge in [-0.2, -0.15) is 15.2 Å². The summed E-state index contributed by atoms with van der Waals surface area (Å²) >= 11 is 0. The van der Waals surface area contributed by atoms with Crippen molar-refractivity contribution in [3.05, 3.63) is 41.0 Å². The van der Waals surface area contributed by atoms with E-state index in [9.17, 15) is 5.26 Å². The highest BCUT2D eigenvalue weighted by Crippen LogP contribution is 2.36. The molecule has 0 aliphatic carbocycles. The molecule has 0 radical (unpaired) electrons. The van der Waals surface area contributed by atoms with Gasteiger partial charge in [0.05, 0.1) is 12.7 Å². The normalized spacial score (nSPS) is 18.4. The molecule has 1 aromatic carbocycles. The Hall–Kier alpha value is -2.85. The first kappa shape index (κ1) is 20.4. The fourth-order valence-electron chi connectivity index (χ4n) is 4.17. The number of rotatable bonds is 8. The number of benzene rings is 1. The smallest absolute Gasteiger partial charge is 0.320 e. The number of likely N-dealkylation sites (tertiary alicyclic amines) is 1. The number of hydrogen-bond acceptors (Lipinski definition) is 7. The number of unbranched alkanes of at least 4 members (excludes halogenated alkanes) is 1. The van der Waals surface area contributed by atoms with Crippen LogP contribution in [-0.4, -0.2) is 40.6 Å². The average molecular weight is 407 g/mol. The Labute approximate surface area is 178 Å². The van der Waals surface area contributed by atoms with Gasteiger partial charge >= 0.3 is 6.01 Å². The van der Waals surface area contributed by atoms with Gasteiger partial charge in [0, 0.05) is 25.1 Å².